The molecule has 1 aliphatic carbocycles. The van der Waals surface area contributed by atoms with Gasteiger partial charge in [-0.1, -0.05) is 99.3 Å². The minimum atomic E-state index is -4.53. The van der Waals surface area contributed by atoms with Crippen LogP contribution in [0.25, 0.3) is 5.70 Å². The van der Waals surface area contributed by atoms with Crippen LogP contribution in [-0.2, 0) is 14.6 Å². The summed E-state index contributed by atoms with van der Waals surface area (Å²) in [6.07, 6.45) is 9.39. The van der Waals surface area contributed by atoms with Gasteiger partial charge in [-0.25, -0.2) is 13.2 Å². The van der Waals surface area contributed by atoms with Gasteiger partial charge in [-0.05, 0) is 62.1 Å². The lowest BCUT2D eigenvalue weighted by molar-refractivity contribution is -0.141. The number of aliphatic carboxylic acids is 1. The Bertz CT molecular complexity index is 1550. The van der Waals surface area contributed by atoms with E-state index in [1.54, 1.807) is 6.07 Å². The molecule has 0 spiro atoms. The summed E-state index contributed by atoms with van der Waals surface area (Å²) in [6.45, 7) is 1.68. The number of rotatable bonds is 17. The lowest BCUT2D eigenvalue weighted by Crippen LogP contribution is -2.34. The number of likely N-dealkylation sites (tertiary alicyclic amines) is 1. The number of hydrogen-bond donors (Lipinski definition) is 3. The second-order valence-corrected chi connectivity index (χ2v) is 15.5. The highest BCUT2D eigenvalue weighted by molar-refractivity contribution is 7.92. The predicted octanol–water partition coefficient (Wildman–Crippen LogP) is 8.22. The molecule has 1 saturated heterocycles. The lowest BCUT2D eigenvalue weighted by Gasteiger charge is -2.22. The van der Waals surface area contributed by atoms with Gasteiger partial charge in [-0.15, -0.1) is 0 Å². The summed E-state index contributed by atoms with van der Waals surface area (Å²) in [5.74, 6) is -1.30. The second kappa shape index (κ2) is 18.9. The second-order valence-electron chi connectivity index (χ2n) is 12.5. The summed E-state index contributed by atoms with van der Waals surface area (Å²) in [6, 6.07) is 12.8. The van der Waals surface area contributed by atoms with Gasteiger partial charge in [-0.2, -0.15) is 18.4 Å². The molecule has 3 N–H and O–H groups in total. The molecule has 2 atom stereocenters. The average molecular weight is 746 g/mol. The van der Waals surface area contributed by atoms with E-state index >= 15 is 0 Å². The fourth-order valence-corrected chi connectivity index (χ4v) is 7.89. The van der Waals surface area contributed by atoms with Crippen molar-refractivity contribution in [3.8, 4) is 6.07 Å². The number of hydrogen-bond acceptors (Lipinski definition) is 7. The van der Waals surface area contributed by atoms with Gasteiger partial charge in [0.25, 0.3) is 0 Å². The van der Waals surface area contributed by atoms with Crippen molar-refractivity contribution in [1.82, 2.24) is 15.5 Å². The molecule has 2 aromatic carbocycles. The van der Waals surface area contributed by atoms with E-state index in [4.69, 9.17) is 28.5 Å². The van der Waals surface area contributed by atoms with E-state index < -0.39 is 39.8 Å². The van der Waals surface area contributed by atoms with Crippen LogP contribution in [0.15, 0.2) is 59.6 Å². The largest absolute Gasteiger partial charge is 0.480 e. The number of nitrogens with zero attached hydrogens (tertiary/aromatic N) is 2. The number of unbranched alkanes of at least 4 members (excludes halogenated alkanes) is 7. The quantitative estimate of drug-likeness (QED) is 0.139. The van der Waals surface area contributed by atoms with Crippen LogP contribution in [0.1, 0.15) is 83.1 Å². The van der Waals surface area contributed by atoms with Crippen LogP contribution >= 0.6 is 23.2 Å². The van der Waals surface area contributed by atoms with Crippen molar-refractivity contribution >= 4 is 44.7 Å². The van der Waals surface area contributed by atoms with Crippen LogP contribution in [-0.4, -0.2) is 67.0 Å². The van der Waals surface area contributed by atoms with E-state index in [9.17, 15) is 31.5 Å². The summed E-state index contributed by atoms with van der Waals surface area (Å²) in [7, 11) is -3.99. The molecule has 270 valence electrons. The van der Waals surface area contributed by atoms with Crippen LogP contribution in [0.2, 0.25) is 10.0 Å². The molecule has 0 radical (unpaired) electrons. The lowest BCUT2D eigenvalue weighted by atomic mass is 10.1. The van der Waals surface area contributed by atoms with Crippen molar-refractivity contribution in [2.24, 2.45) is 0 Å². The highest BCUT2D eigenvalue weighted by atomic mass is 35.5. The summed E-state index contributed by atoms with van der Waals surface area (Å²) < 4.78 is 64.8. The first kappa shape index (κ1) is 40.4. The van der Waals surface area contributed by atoms with Gasteiger partial charge in [0.2, 0.25) is 0 Å². The molecule has 0 amide bonds. The molecule has 4 rings (SSSR count). The van der Waals surface area contributed by atoms with Crippen LogP contribution in [0, 0.1) is 11.3 Å². The maximum Gasteiger partial charge on any atom is 0.405 e. The van der Waals surface area contributed by atoms with E-state index in [-0.39, 0.29) is 34.1 Å². The molecule has 2 aliphatic rings. The third kappa shape index (κ3) is 13.0. The van der Waals surface area contributed by atoms with Crippen molar-refractivity contribution in [2.75, 3.05) is 19.6 Å². The van der Waals surface area contributed by atoms with Gasteiger partial charge >= 0.3 is 12.1 Å². The summed E-state index contributed by atoms with van der Waals surface area (Å²) in [4.78, 5) is 12.9. The first-order valence-corrected chi connectivity index (χ1v) is 18.9. The van der Waals surface area contributed by atoms with Gasteiger partial charge < -0.3 is 15.3 Å². The van der Waals surface area contributed by atoms with Crippen molar-refractivity contribution < 1.29 is 31.5 Å². The molecule has 49 heavy (non-hydrogen) atoms. The fourth-order valence-electron chi connectivity index (χ4n) is 5.54. The van der Waals surface area contributed by atoms with Crippen molar-refractivity contribution in [3.63, 3.8) is 0 Å². The molecular formula is C35H45Cl2F3N4O4S. The third-order valence-corrected chi connectivity index (χ3v) is 11.4. The highest BCUT2D eigenvalue weighted by Gasteiger charge is 2.43. The molecule has 1 heterocycles. The number of nitriles is 1. The number of nitrogens with one attached hydrogen (secondary N) is 2. The molecule has 1 saturated carbocycles. The average Bonchev–Trinajstić information content (AvgIpc) is 3.70. The zero-order chi connectivity index (χ0) is 36.1. The molecule has 2 aromatic rings. The predicted molar refractivity (Wildman–Crippen MR) is 187 cm³/mol. The number of alkyl halides is 3. The minimum absolute atomic E-state index is 0.00654. The van der Waals surface area contributed by atoms with Gasteiger partial charge in [0.05, 0.1) is 26.9 Å². The Hall–Kier alpha value is -2.98. The Morgan fingerprint density at radius 3 is 2.20 bits per heavy atom. The normalized spacial score (nSPS) is 18.7. The monoisotopic (exact) mass is 744 g/mol. The molecule has 1 unspecified atom stereocenters. The smallest absolute Gasteiger partial charge is 0.405 e. The summed E-state index contributed by atoms with van der Waals surface area (Å²) in [5.41, 5.74) is 0.192. The van der Waals surface area contributed by atoms with E-state index in [1.807, 2.05) is 0 Å². The molecule has 8 nitrogen and oxygen atoms in total. The number of carboxylic acid groups (broad SMARTS) is 1. The van der Waals surface area contributed by atoms with E-state index in [1.165, 1.54) is 105 Å². The Morgan fingerprint density at radius 2 is 1.65 bits per heavy atom. The van der Waals surface area contributed by atoms with Crippen LogP contribution in [0.3, 0.4) is 0 Å². The number of halogens is 5. The minimum Gasteiger partial charge on any atom is -0.480 e. The van der Waals surface area contributed by atoms with Crippen molar-refractivity contribution in [1.29, 1.82) is 5.26 Å². The number of carboxylic acids is 1. The van der Waals surface area contributed by atoms with Crippen molar-refractivity contribution in [2.45, 2.75) is 105 Å². The van der Waals surface area contributed by atoms with Gasteiger partial charge in [0, 0.05) is 17.8 Å². The Balaban J connectivity index is 0.000000341. The zero-order valence-electron chi connectivity index (χ0n) is 27.6. The van der Waals surface area contributed by atoms with Crippen molar-refractivity contribution in [3.05, 3.63) is 70.3 Å². The third-order valence-electron chi connectivity index (χ3n) is 8.56. The van der Waals surface area contributed by atoms with Crippen LogP contribution < -0.4 is 10.6 Å². The van der Waals surface area contributed by atoms with Crippen LogP contribution in [0.5, 0.6) is 0 Å². The summed E-state index contributed by atoms with van der Waals surface area (Å²) in [5, 5.41) is 23.4. The molecule has 14 heteroatoms. The van der Waals surface area contributed by atoms with Gasteiger partial charge in [0.1, 0.15) is 18.1 Å². The molecule has 2 fully saturated rings. The van der Waals surface area contributed by atoms with Gasteiger partial charge in [0.15, 0.2) is 9.84 Å². The molecule has 0 aromatic heterocycles. The Morgan fingerprint density at radius 1 is 1.04 bits per heavy atom. The first-order chi connectivity index (χ1) is 23.2. The fraction of sp³-hybridized carbons (Fsp3) is 0.543. The maximum atomic E-state index is 13.1. The first-order valence-electron chi connectivity index (χ1n) is 16.6. The molecule has 1 aliphatic heterocycles. The molecular weight excluding hydrogens is 700 g/mol. The maximum absolute atomic E-state index is 13.1. The van der Waals surface area contributed by atoms with E-state index in [0.717, 1.165) is 19.4 Å². The number of sulfone groups is 1. The van der Waals surface area contributed by atoms with Gasteiger partial charge in [-0.3, -0.25) is 5.32 Å². The Kier molecular flexibility index (Phi) is 15.6. The van der Waals surface area contributed by atoms with Crippen LogP contribution in [0.4, 0.5) is 13.2 Å². The number of carbonyl (C=O) groups is 1. The Labute approximate surface area is 297 Å². The summed E-state index contributed by atoms with van der Waals surface area (Å²) >= 11 is 11.9. The SMILES string of the molecule is CCCCCCCCCCNC1(C#N)CC1.O=C(O)[C@H]1CC(S(=O)(=O)c2ccccc2Cl)CN1C=C(NCC(F)(F)F)c1ccc(Cl)cc1. The van der Waals surface area contributed by atoms with E-state index in [2.05, 4.69) is 23.6 Å². The number of benzene rings is 2. The molecule has 0 bridgehead atoms. The van der Waals surface area contributed by atoms with E-state index in [0.29, 0.717) is 10.6 Å². The standard InChI is InChI=1S/C21H19Cl2F3N2O4S.C14H26N2/c22-14-7-5-13(6-8-14)17(27-12-21(24,25)26)11-28-10-15(9-18(28)20(29)30)33(31,32)19-4-2-1-3-16(19)23;1-2-3-4-5-6-7-8-9-12-16-14(13-15)10-11-14/h1-8,11,15,18,27H,9-10,12H2,(H,29,30);16H,2-12H2,1H3/t15?,18-;/m1./s1. The highest BCUT2D eigenvalue weighted by Crippen LogP contribution is 2.34. The zero-order valence-corrected chi connectivity index (χ0v) is 29.9. The topological polar surface area (TPSA) is 123 Å².